The first-order valence-corrected chi connectivity index (χ1v) is 6.70. The maximum Gasteiger partial charge on any atom is 0.257 e. The predicted molar refractivity (Wildman–Crippen MR) is 84.7 cm³/mol. The molecule has 2 aromatic carbocycles. The van der Waals surface area contributed by atoms with Gasteiger partial charge in [-0.3, -0.25) is 14.6 Å². The molecule has 0 saturated heterocycles. The molecular formula is C17H13N3O2. The van der Waals surface area contributed by atoms with Crippen LogP contribution < -0.4 is 11.1 Å². The summed E-state index contributed by atoms with van der Waals surface area (Å²) in [5, 5.41) is 3.65. The van der Waals surface area contributed by atoms with Crippen LogP contribution in [0.25, 0.3) is 10.9 Å². The summed E-state index contributed by atoms with van der Waals surface area (Å²) in [6, 6.07) is 15.6. The summed E-state index contributed by atoms with van der Waals surface area (Å²) < 4.78 is 0. The summed E-state index contributed by atoms with van der Waals surface area (Å²) in [6.07, 6.45) is 1.65. The number of hydrogen-bond donors (Lipinski definition) is 2. The third-order valence-electron chi connectivity index (χ3n) is 3.28. The van der Waals surface area contributed by atoms with E-state index in [0.717, 1.165) is 5.39 Å². The van der Waals surface area contributed by atoms with E-state index >= 15 is 0 Å². The van der Waals surface area contributed by atoms with Crippen molar-refractivity contribution in [2.45, 2.75) is 0 Å². The summed E-state index contributed by atoms with van der Waals surface area (Å²) in [4.78, 5) is 27.9. The predicted octanol–water partition coefficient (Wildman–Crippen LogP) is 2.59. The Hall–Kier alpha value is -3.21. The van der Waals surface area contributed by atoms with E-state index < -0.39 is 5.91 Å². The van der Waals surface area contributed by atoms with Crippen molar-refractivity contribution in [1.29, 1.82) is 0 Å². The molecule has 22 heavy (non-hydrogen) atoms. The van der Waals surface area contributed by atoms with E-state index in [-0.39, 0.29) is 5.91 Å². The molecule has 0 radical (unpaired) electrons. The van der Waals surface area contributed by atoms with Gasteiger partial charge in [0, 0.05) is 22.8 Å². The molecule has 0 saturated carbocycles. The van der Waals surface area contributed by atoms with Gasteiger partial charge in [-0.25, -0.2) is 0 Å². The average Bonchev–Trinajstić information content (AvgIpc) is 2.54. The number of para-hydroxylation sites is 1. The van der Waals surface area contributed by atoms with Crippen molar-refractivity contribution >= 4 is 28.4 Å². The molecule has 0 fully saturated rings. The van der Waals surface area contributed by atoms with Crippen LogP contribution in [0.4, 0.5) is 5.69 Å². The van der Waals surface area contributed by atoms with Crippen molar-refractivity contribution in [3.63, 3.8) is 0 Å². The molecule has 0 bridgehead atoms. The number of aromatic nitrogens is 1. The topological polar surface area (TPSA) is 85.1 Å². The Morgan fingerprint density at radius 3 is 2.59 bits per heavy atom. The molecule has 3 N–H and O–H groups in total. The second-order valence-electron chi connectivity index (χ2n) is 4.78. The molecule has 5 nitrogen and oxygen atoms in total. The fourth-order valence-electron chi connectivity index (χ4n) is 2.24. The lowest BCUT2D eigenvalue weighted by Gasteiger charge is -2.08. The zero-order valence-corrected chi connectivity index (χ0v) is 11.6. The molecule has 0 aliphatic carbocycles. The van der Waals surface area contributed by atoms with Crippen LogP contribution in [0.15, 0.2) is 60.8 Å². The molecule has 108 valence electrons. The standard InChI is InChI=1S/C17H13N3O2/c18-16(21)12-5-1-7-13(10-12)20-17(22)14-8-2-4-11-6-3-9-19-15(11)14/h1-10H,(H2,18,21)(H,20,22). The second-order valence-corrected chi connectivity index (χ2v) is 4.78. The molecule has 2 amide bonds. The lowest BCUT2D eigenvalue weighted by Crippen LogP contribution is -2.15. The summed E-state index contributed by atoms with van der Waals surface area (Å²) in [7, 11) is 0. The highest BCUT2D eigenvalue weighted by Crippen LogP contribution is 2.18. The Bertz CT molecular complexity index is 869. The van der Waals surface area contributed by atoms with Crippen molar-refractivity contribution in [3.8, 4) is 0 Å². The SMILES string of the molecule is NC(=O)c1cccc(NC(=O)c2cccc3cccnc23)c1. The number of benzene rings is 2. The van der Waals surface area contributed by atoms with Gasteiger partial charge in [0.15, 0.2) is 0 Å². The molecule has 0 spiro atoms. The van der Waals surface area contributed by atoms with Crippen LogP contribution in [-0.4, -0.2) is 16.8 Å². The third kappa shape index (κ3) is 2.64. The number of nitrogens with one attached hydrogen (secondary N) is 1. The van der Waals surface area contributed by atoms with Crippen LogP contribution >= 0.6 is 0 Å². The van der Waals surface area contributed by atoms with Crippen LogP contribution in [0.2, 0.25) is 0 Å². The zero-order chi connectivity index (χ0) is 15.5. The summed E-state index contributed by atoms with van der Waals surface area (Å²) in [5.41, 5.74) is 7.19. The van der Waals surface area contributed by atoms with E-state index in [2.05, 4.69) is 10.3 Å². The molecule has 3 rings (SSSR count). The normalized spacial score (nSPS) is 10.4. The number of nitrogens with two attached hydrogens (primary N) is 1. The van der Waals surface area contributed by atoms with E-state index in [9.17, 15) is 9.59 Å². The first kappa shape index (κ1) is 13.8. The lowest BCUT2D eigenvalue weighted by molar-refractivity contribution is 0.0996. The van der Waals surface area contributed by atoms with Gasteiger partial charge in [0.1, 0.15) is 0 Å². The van der Waals surface area contributed by atoms with Gasteiger partial charge < -0.3 is 11.1 Å². The summed E-state index contributed by atoms with van der Waals surface area (Å²) in [5.74, 6) is -0.825. The van der Waals surface area contributed by atoms with Gasteiger partial charge in [-0.1, -0.05) is 24.3 Å². The molecule has 0 aliphatic heterocycles. The van der Waals surface area contributed by atoms with Crippen LogP contribution in [0.5, 0.6) is 0 Å². The van der Waals surface area contributed by atoms with Gasteiger partial charge in [0.2, 0.25) is 5.91 Å². The van der Waals surface area contributed by atoms with E-state index in [1.54, 1.807) is 42.6 Å². The minimum atomic E-state index is -0.539. The maximum atomic E-state index is 12.4. The Labute approximate surface area is 126 Å². The van der Waals surface area contributed by atoms with Gasteiger partial charge in [0.05, 0.1) is 11.1 Å². The molecule has 0 aliphatic rings. The van der Waals surface area contributed by atoms with Crippen molar-refractivity contribution in [2.24, 2.45) is 5.73 Å². The number of hydrogen-bond acceptors (Lipinski definition) is 3. The van der Waals surface area contributed by atoms with Crippen LogP contribution in [0.1, 0.15) is 20.7 Å². The molecule has 0 atom stereocenters. The number of primary amides is 1. The van der Waals surface area contributed by atoms with Crippen LogP contribution in [-0.2, 0) is 0 Å². The summed E-state index contributed by atoms with van der Waals surface area (Å²) >= 11 is 0. The first-order valence-electron chi connectivity index (χ1n) is 6.70. The van der Waals surface area contributed by atoms with Gasteiger partial charge in [-0.15, -0.1) is 0 Å². The Morgan fingerprint density at radius 2 is 1.77 bits per heavy atom. The number of nitrogens with zero attached hydrogens (tertiary/aromatic N) is 1. The fraction of sp³-hybridized carbons (Fsp3) is 0. The van der Waals surface area contributed by atoms with E-state index in [1.165, 1.54) is 0 Å². The van der Waals surface area contributed by atoms with Gasteiger partial charge in [-0.2, -0.15) is 0 Å². The van der Waals surface area contributed by atoms with Gasteiger partial charge >= 0.3 is 0 Å². The zero-order valence-electron chi connectivity index (χ0n) is 11.6. The maximum absolute atomic E-state index is 12.4. The van der Waals surface area contributed by atoms with Crippen LogP contribution in [0.3, 0.4) is 0 Å². The number of pyridine rings is 1. The van der Waals surface area contributed by atoms with Crippen molar-refractivity contribution in [2.75, 3.05) is 5.32 Å². The van der Waals surface area contributed by atoms with Crippen molar-refractivity contribution in [1.82, 2.24) is 4.98 Å². The number of fused-ring (bicyclic) bond motifs is 1. The monoisotopic (exact) mass is 291 g/mol. The van der Waals surface area contributed by atoms with E-state index in [1.807, 2.05) is 18.2 Å². The minimum absolute atomic E-state index is 0.286. The minimum Gasteiger partial charge on any atom is -0.366 e. The highest BCUT2D eigenvalue weighted by molar-refractivity contribution is 6.12. The highest BCUT2D eigenvalue weighted by Gasteiger charge is 2.11. The quantitative estimate of drug-likeness (QED) is 0.777. The Morgan fingerprint density at radius 1 is 1.00 bits per heavy atom. The van der Waals surface area contributed by atoms with Crippen molar-refractivity contribution < 1.29 is 9.59 Å². The van der Waals surface area contributed by atoms with Gasteiger partial charge in [-0.05, 0) is 30.3 Å². The molecule has 0 unspecified atom stereocenters. The Kier molecular flexibility index (Phi) is 3.53. The van der Waals surface area contributed by atoms with E-state index in [4.69, 9.17) is 5.73 Å². The van der Waals surface area contributed by atoms with Crippen LogP contribution in [0, 0.1) is 0 Å². The number of carbonyl (C=O) groups excluding carboxylic acids is 2. The second kappa shape index (κ2) is 5.65. The number of carbonyl (C=O) groups is 2. The number of rotatable bonds is 3. The molecule has 3 aromatic rings. The first-order chi connectivity index (χ1) is 10.6. The lowest BCUT2D eigenvalue weighted by atomic mass is 10.1. The highest BCUT2D eigenvalue weighted by atomic mass is 16.2. The largest absolute Gasteiger partial charge is 0.366 e. The molecular weight excluding hydrogens is 278 g/mol. The molecule has 5 heteroatoms. The van der Waals surface area contributed by atoms with Gasteiger partial charge in [0.25, 0.3) is 5.91 Å². The molecule has 1 heterocycles. The fourth-order valence-corrected chi connectivity index (χ4v) is 2.24. The number of anilines is 1. The van der Waals surface area contributed by atoms with E-state index in [0.29, 0.717) is 22.3 Å². The molecule has 1 aromatic heterocycles. The third-order valence-corrected chi connectivity index (χ3v) is 3.28. The smallest absolute Gasteiger partial charge is 0.257 e. The van der Waals surface area contributed by atoms with Crippen molar-refractivity contribution in [3.05, 3.63) is 71.9 Å². The summed E-state index contributed by atoms with van der Waals surface area (Å²) in [6.45, 7) is 0. The number of amides is 2. The Balaban J connectivity index is 1.94. The average molecular weight is 291 g/mol.